The van der Waals surface area contributed by atoms with Gasteiger partial charge < -0.3 is 9.80 Å². The zero-order valence-electron chi connectivity index (χ0n) is 9.56. The zero-order chi connectivity index (χ0) is 13.3. The van der Waals surface area contributed by atoms with Gasteiger partial charge >= 0.3 is 0 Å². The van der Waals surface area contributed by atoms with Crippen LogP contribution in [0.4, 0.5) is 0 Å². The number of carbonyl (C=O) groups excluding carboxylic acids is 2. The Bertz CT molecular complexity index is 509. The standard InChI is InChI=1S/C10H10Cl2N4O2/c1-15-2-3-16(5-8(15)17)10(18)6-4-7(11)13-14-9(6)12/h4H,2-3,5H2,1H3. The number of nitrogens with zero attached hydrogens (tertiary/aromatic N) is 4. The number of amides is 2. The minimum absolute atomic E-state index is 0.0178. The molecular weight excluding hydrogens is 279 g/mol. The molecule has 2 rings (SSSR count). The number of carbonyl (C=O) groups is 2. The van der Waals surface area contributed by atoms with Crippen molar-refractivity contribution in [2.45, 2.75) is 0 Å². The molecule has 8 heteroatoms. The van der Waals surface area contributed by atoms with Gasteiger partial charge in [-0.2, -0.15) is 0 Å². The van der Waals surface area contributed by atoms with E-state index < -0.39 is 0 Å². The number of hydrogen-bond donors (Lipinski definition) is 0. The number of rotatable bonds is 1. The average Bonchev–Trinajstić information content (AvgIpc) is 2.35. The van der Waals surface area contributed by atoms with Crippen molar-refractivity contribution in [1.82, 2.24) is 20.0 Å². The third-order valence-electron chi connectivity index (χ3n) is 2.69. The van der Waals surface area contributed by atoms with Crippen LogP contribution in [-0.2, 0) is 4.79 Å². The maximum absolute atomic E-state index is 12.2. The van der Waals surface area contributed by atoms with Gasteiger partial charge in [0.25, 0.3) is 5.91 Å². The van der Waals surface area contributed by atoms with E-state index in [4.69, 9.17) is 23.2 Å². The van der Waals surface area contributed by atoms with Crippen LogP contribution in [-0.4, -0.2) is 58.5 Å². The van der Waals surface area contributed by atoms with Gasteiger partial charge in [-0.1, -0.05) is 23.2 Å². The monoisotopic (exact) mass is 288 g/mol. The normalized spacial score (nSPS) is 16.1. The van der Waals surface area contributed by atoms with Crippen LogP contribution in [0.1, 0.15) is 10.4 Å². The third kappa shape index (κ3) is 2.54. The van der Waals surface area contributed by atoms with Gasteiger partial charge in [0.1, 0.15) is 6.54 Å². The Morgan fingerprint density at radius 2 is 2.06 bits per heavy atom. The topological polar surface area (TPSA) is 66.4 Å². The van der Waals surface area contributed by atoms with E-state index in [2.05, 4.69) is 10.2 Å². The predicted molar refractivity (Wildman–Crippen MR) is 65.6 cm³/mol. The summed E-state index contributed by atoms with van der Waals surface area (Å²) in [4.78, 5) is 26.7. The molecule has 0 unspecified atom stereocenters. The molecule has 0 N–H and O–H groups in total. The fourth-order valence-electron chi connectivity index (χ4n) is 1.61. The van der Waals surface area contributed by atoms with E-state index in [0.29, 0.717) is 13.1 Å². The van der Waals surface area contributed by atoms with E-state index in [0.717, 1.165) is 0 Å². The summed E-state index contributed by atoms with van der Waals surface area (Å²) in [5.74, 6) is -0.475. The molecule has 96 valence electrons. The second-order valence-corrected chi connectivity index (χ2v) is 4.66. The Morgan fingerprint density at radius 3 is 2.72 bits per heavy atom. The first-order valence-corrected chi connectivity index (χ1v) is 5.96. The molecule has 0 saturated carbocycles. The number of hydrogen-bond acceptors (Lipinski definition) is 4. The van der Waals surface area contributed by atoms with Crippen LogP contribution in [0.25, 0.3) is 0 Å². The van der Waals surface area contributed by atoms with Gasteiger partial charge in [-0.3, -0.25) is 9.59 Å². The number of piperazine rings is 1. The lowest BCUT2D eigenvalue weighted by Gasteiger charge is -2.32. The van der Waals surface area contributed by atoms with Crippen LogP contribution in [0.5, 0.6) is 0 Å². The molecule has 6 nitrogen and oxygen atoms in total. The Labute approximate surface area is 113 Å². The molecule has 1 aliphatic rings. The van der Waals surface area contributed by atoms with E-state index in [1.54, 1.807) is 11.9 Å². The molecule has 1 aromatic heterocycles. The molecule has 0 spiro atoms. The first-order chi connectivity index (χ1) is 8.49. The van der Waals surface area contributed by atoms with Crippen LogP contribution in [0.3, 0.4) is 0 Å². The SMILES string of the molecule is CN1CCN(C(=O)c2cc(Cl)nnc2Cl)CC1=O. The summed E-state index contributed by atoms with van der Waals surface area (Å²) in [6, 6.07) is 1.35. The summed E-state index contributed by atoms with van der Waals surface area (Å²) in [5, 5.41) is 7.17. The van der Waals surface area contributed by atoms with E-state index >= 15 is 0 Å². The molecule has 0 bridgehead atoms. The molecule has 1 aromatic rings. The molecule has 0 atom stereocenters. The number of likely N-dealkylation sites (N-methyl/N-ethyl adjacent to an activating group) is 1. The van der Waals surface area contributed by atoms with Crippen molar-refractivity contribution >= 4 is 35.0 Å². The summed E-state index contributed by atoms with van der Waals surface area (Å²) in [6.07, 6.45) is 0. The van der Waals surface area contributed by atoms with Crippen molar-refractivity contribution < 1.29 is 9.59 Å². The molecule has 2 heterocycles. The van der Waals surface area contributed by atoms with Gasteiger partial charge in [0, 0.05) is 20.1 Å². The summed E-state index contributed by atoms with van der Waals surface area (Å²) in [6.45, 7) is 0.984. The highest BCUT2D eigenvalue weighted by molar-refractivity contribution is 6.34. The van der Waals surface area contributed by atoms with E-state index in [1.165, 1.54) is 11.0 Å². The van der Waals surface area contributed by atoms with Crippen LogP contribution in [0.15, 0.2) is 6.07 Å². The van der Waals surface area contributed by atoms with Crippen molar-refractivity contribution in [1.29, 1.82) is 0 Å². The molecule has 18 heavy (non-hydrogen) atoms. The quantitative estimate of drug-likeness (QED) is 0.763. The molecular formula is C10H10Cl2N4O2. The van der Waals surface area contributed by atoms with E-state index in [1.807, 2.05) is 0 Å². The van der Waals surface area contributed by atoms with Crippen LogP contribution < -0.4 is 0 Å². The van der Waals surface area contributed by atoms with Crippen LogP contribution in [0.2, 0.25) is 10.3 Å². The van der Waals surface area contributed by atoms with Crippen molar-refractivity contribution in [2.75, 3.05) is 26.7 Å². The highest BCUT2D eigenvalue weighted by Crippen LogP contribution is 2.18. The largest absolute Gasteiger partial charge is 0.342 e. The van der Waals surface area contributed by atoms with E-state index in [9.17, 15) is 9.59 Å². The number of aromatic nitrogens is 2. The summed E-state index contributed by atoms with van der Waals surface area (Å²) < 4.78 is 0. The lowest BCUT2D eigenvalue weighted by molar-refractivity contribution is -0.133. The molecule has 0 aliphatic carbocycles. The average molecular weight is 289 g/mol. The lowest BCUT2D eigenvalue weighted by Crippen LogP contribution is -2.50. The zero-order valence-corrected chi connectivity index (χ0v) is 11.1. The molecule has 1 fully saturated rings. The van der Waals surface area contributed by atoms with Gasteiger partial charge in [-0.15, -0.1) is 10.2 Å². The van der Waals surface area contributed by atoms with Crippen molar-refractivity contribution in [3.8, 4) is 0 Å². The summed E-state index contributed by atoms with van der Waals surface area (Å²) in [7, 11) is 1.70. The molecule has 1 saturated heterocycles. The first kappa shape index (κ1) is 13.0. The Kier molecular flexibility index (Phi) is 3.68. The van der Waals surface area contributed by atoms with Gasteiger partial charge in [0.2, 0.25) is 5.91 Å². The maximum atomic E-state index is 12.2. The highest BCUT2D eigenvalue weighted by Gasteiger charge is 2.27. The minimum Gasteiger partial charge on any atom is -0.342 e. The second-order valence-electron chi connectivity index (χ2n) is 3.91. The fourth-order valence-corrected chi connectivity index (χ4v) is 1.93. The highest BCUT2D eigenvalue weighted by atomic mass is 35.5. The number of halogens is 2. The molecule has 0 radical (unpaired) electrons. The van der Waals surface area contributed by atoms with E-state index in [-0.39, 0.29) is 34.2 Å². The molecule has 2 amide bonds. The van der Waals surface area contributed by atoms with Gasteiger partial charge in [0.15, 0.2) is 10.3 Å². The minimum atomic E-state index is -0.363. The summed E-state index contributed by atoms with van der Waals surface area (Å²) >= 11 is 11.5. The van der Waals surface area contributed by atoms with Gasteiger partial charge in [0.05, 0.1) is 5.56 Å². The maximum Gasteiger partial charge on any atom is 0.257 e. The van der Waals surface area contributed by atoms with Crippen molar-refractivity contribution in [3.63, 3.8) is 0 Å². The third-order valence-corrected chi connectivity index (χ3v) is 3.16. The fraction of sp³-hybridized carbons (Fsp3) is 0.400. The second kappa shape index (κ2) is 5.07. The first-order valence-electron chi connectivity index (χ1n) is 5.21. The lowest BCUT2D eigenvalue weighted by atomic mass is 10.2. The van der Waals surface area contributed by atoms with Gasteiger partial charge in [-0.25, -0.2) is 0 Å². The molecule has 1 aliphatic heterocycles. The predicted octanol–water partition coefficient (Wildman–Crippen LogP) is 0.698. The summed E-state index contributed by atoms with van der Waals surface area (Å²) in [5.41, 5.74) is 0.161. The Balaban J connectivity index is 2.21. The van der Waals surface area contributed by atoms with Crippen LogP contribution in [0, 0.1) is 0 Å². The van der Waals surface area contributed by atoms with Crippen molar-refractivity contribution in [3.05, 3.63) is 21.9 Å². The Morgan fingerprint density at radius 1 is 1.33 bits per heavy atom. The smallest absolute Gasteiger partial charge is 0.257 e. The van der Waals surface area contributed by atoms with Crippen LogP contribution >= 0.6 is 23.2 Å². The van der Waals surface area contributed by atoms with Crippen molar-refractivity contribution in [2.24, 2.45) is 0 Å². The van der Waals surface area contributed by atoms with Gasteiger partial charge in [-0.05, 0) is 6.07 Å². The molecule has 0 aromatic carbocycles. The Hall–Kier alpha value is -1.40.